The number of nitrogens with zero attached hydrogens (tertiary/aromatic N) is 2. The second-order valence-electron chi connectivity index (χ2n) is 3.75. The first kappa shape index (κ1) is 10.4. The third-order valence-corrected chi connectivity index (χ3v) is 2.61. The Bertz CT molecular complexity index is 524. The van der Waals surface area contributed by atoms with Crippen molar-refractivity contribution in [3.8, 4) is 11.1 Å². The fraction of sp³-hybridized carbons (Fsp3) is 0.167. The van der Waals surface area contributed by atoms with Crippen molar-refractivity contribution >= 4 is 5.82 Å². The predicted molar refractivity (Wildman–Crippen MR) is 62.5 cm³/mol. The maximum Gasteiger partial charge on any atom is 0.275 e. The molecule has 0 aliphatic carbocycles. The molecule has 82 valence electrons. The average Bonchev–Trinajstić information content (AvgIpc) is 2.28. The Morgan fingerprint density at radius 3 is 2.75 bits per heavy atom. The highest BCUT2D eigenvalue weighted by Crippen LogP contribution is 2.25. The molecule has 0 saturated carbocycles. The average molecular weight is 215 g/mol. The first-order valence-corrected chi connectivity index (χ1v) is 5.01. The fourth-order valence-electron chi connectivity index (χ4n) is 1.88. The molecule has 2 heterocycles. The van der Waals surface area contributed by atoms with Gasteiger partial charge < -0.3 is 5.21 Å². The van der Waals surface area contributed by atoms with Crippen LogP contribution < -0.4 is 10.5 Å². The summed E-state index contributed by atoms with van der Waals surface area (Å²) in [4.78, 5) is 4.05. The topological polar surface area (TPSA) is 65.8 Å². The van der Waals surface area contributed by atoms with Gasteiger partial charge in [0.1, 0.15) is 5.69 Å². The van der Waals surface area contributed by atoms with Crippen LogP contribution in [0.15, 0.2) is 30.6 Å². The molecule has 0 aromatic carbocycles. The lowest BCUT2D eigenvalue weighted by atomic mass is 10.0. The third kappa shape index (κ3) is 1.58. The first-order chi connectivity index (χ1) is 7.61. The van der Waals surface area contributed by atoms with E-state index in [1.54, 1.807) is 25.4 Å². The zero-order chi connectivity index (χ0) is 11.7. The summed E-state index contributed by atoms with van der Waals surface area (Å²) in [5.74, 6) is 0.225. The minimum absolute atomic E-state index is 0.225. The zero-order valence-electron chi connectivity index (χ0n) is 9.27. The predicted octanol–water partition coefficient (Wildman–Crippen LogP) is 1.58. The number of nitrogens with two attached hydrogens (primary N) is 1. The van der Waals surface area contributed by atoms with Crippen LogP contribution in [0, 0.1) is 19.1 Å². The number of aromatic nitrogens is 2. The van der Waals surface area contributed by atoms with Crippen LogP contribution in [0.1, 0.15) is 11.3 Å². The largest absolute Gasteiger partial charge is 0.710 e. The van der Waals surface area contributed by atoms with Crippen LogP contribution in [0.2, 0.25) is 0 Å². The lowest BCUT2D eigenvalue weighted by Crippen LogP contribution is -2.34. The number of anilines is 1. The number of rotatable bonds is 1. The van der Waals surface area contributed by atoms with Crippen molar-refractivity contribution in [2.45, 2.75) is 13.8 Å². The van der Waals surface area contributed by atoms with Crippen LogP contribution in [0.5, 0.6) is 0 Å². The molecule has 0 bridgehead atoms. The molecule has 2 aromatic rings. The molecule has 16 heavy (non-hydrogen) atoms. The maximum atomic E-state index is 11.7. The molecular formula is C12H13N3O. The van der Waals surface area contributed by atoms with Gasteiger partial charge in [-0.15, -0.1) is 0 Å². The van der Waals surface area contributed by atoms with Crippen molar-refractivity contribution in [3.05, 3.63) is 47.1 Å². The van der Waals surface area contributed by atoms with Crippen LogP contribution >= 0.6 is 0 Å². The Kier molecular flexibility index (Phi) is 2.48. The molecule has 0 aliphatic heterocycles. The van der Waals surface area contributed by atoms with Crippen LogP contribution in [0.3, 0.4) is 0 Å². The molecule has 0 saturated heterocycles. The number of aryl methyl sites for hydroxylation is 1. The van der Waals surface area contributed by atoms with Gasteiger partial charge in [-0.1, -0.05) is 6.07 Å². The van der Waals surface area contributed by atoms with Crippen molar-refractivity contribution in [2.24, 2.45) is 0 Å². The highest BCUT2D eigenvalue weighted by molar-refractivity contribution is 5.68. The quantitative estimate of drug-likeness (QED) is 0.580. The standard InChI is InChI=1S/C12H13N3O/c1-8-6-11(13)15(16)9(2)12(8)10-4-3-5-14-7-10/h3-7H,13H2,1-2H3. The van der Waals surface area contributed by atoms with Gasteiger partial charge in [0.25, 0.3) is 5.82 Å². The van der Waals surface area contributed by atoms with E-state index in [9.17, 15) is 5.21 Å². The fourth-order valence-corrected chi connectivity index (χ4v) is 1.88. The van der Waals surface area contributed by atoms with E-state index in [0.29, 0.717) is 5.69 Å². The summed E-state index contributed by atoms with van der Waals surface area (Å²) in [6.45, 7) is 3.70. The molecule has 0 radical (unpaired) electrons. The van der Waals surface area contributed by atoms with Crippen molar-refractivity contribution in [1.82, 2.24) is 4.98 Å². The van der Waals surface area contributed by atoms with Crippen molar-refractivity contribution < 1.29 is 4.73 Å². The van der Waals surface area contributed by atoms with E-state index in [4.69, 9.17) is 5.73 Å². The van der Waals surface area contributed by atoms with Crippen LogP contribution in [0.25, 0.3) is 11.1 Å². The third-order valence-electron chi connectivity index (χ3n) is 2.61. The lowest BCUT2D eigenvalue weighted by molar-refractivity contribution is -0.596. The van der Waals surface area contributed by atoms with Crippen molar-refractivity contribution in [2.75, 3.05) is 5.73 Å². The molecule has 0 spiro atoms. The molecule has 0 fully saturated rings. The lowest BCUT2D eigenvalue weighted by Gasteiger charge is -2.15. The summed E-state index contributed by atoms with van der Waals surface area (Å²) in [5, 5.41) is 11.7. The van der Waals surface area contributed by atoms with E-state index in [1.165, 1.54) is 0 Å². The SMILES string of the molecule is Cc1cc(N)[n+]([O-])c(C)c1-c1cccnc1. The van der Waals surface area contributed by atoms with Gasteiger partial charge in [-0.2, -0.15) is 0 Å². The second-order valence-corrected chi connectivity index (χ2v) is 3.75. The molecule has 0 amide bonds. The molecule has 0 unspecified atom stereocenters. The van der Waals surface area contributed by atoms with Crippen LogP contribution in [-0.2, 0) is 0 Å². The van der Waals surface area contributed by atoms with Gasteiger partial charge >= 0.3 is 0 Å². The second kappa shape index (κ2) is 3.81. The van der Waals surface area contributed by atoms with Crippen molar-refractivity contribution in [3.63, 3.8) is 0 Å². The molecular weight excluding hydrogens is 202 g/mol. The molecule has 2 N–H and O–H groups in total. The van der Waals surface area contributed by atoms with Gasteiger partial charge in [0.05, 0.1) is 0 Å². The zero-order valence-corrected chi connectivity index (χ0v) is 9.27. The van der Waals surface area contributed by atoms with Crippen molar-refractivity contribution in [1.29, 1.82) is 0 Å². The molecule has 4 nitrogen and oxygen atoms in total. The van der Waals surface area contributed by atoms with Gasteiger partial charge in [-0.3, -0.25) is 10.7 Å². The van der Waals surface area contributed by atoms with Crippen LogP contribution in [-0.4, -0.2) is 4.98 Å². The molecule has 2 rings (SSSR count). The van der Waals surface area contributed by atoms with Crippen LogP contribution in [0.4, 0.5) is 5.82 Å². The normalized spacial score (nSPS) is 10.4. The van der Waals surface area contributed by atoms with E-state index in [2.05, 4.69) is 4.98 Å². The summed E-state index contributed by atoms with van der Waals surface area (Å²) in [7, 11) is 0. The van der Waals surface area contributed by atoms with Gasteiger partial charge in [0, 0.05) is 29.6 Å². The minimum Gasteiger partial charge on any atom is -0.710 e. The first-order valence-electron chi connectivity index (χ1n) is 5.01. The summed E-state index contributed by atoms with van der Waals surface area (Å²) in [5.41, 5.74) is 9.02. The summed E-state index contributed by atoms with van der Waals surface area (Å²) in [6.07, 6.45) is 3.45. The molecule has 4 heteroatoms. The monoisotopic (exact) mass is 215 g/mol. The highest BCUT2D eigenvalue weighted by atomic mass is 16.5. The van der Waals surface area contributed by atoms with E-state index >= 15 is 0 Å². The number of nitrogen functional groups attached to an aromatic ring is 1. The Labute approximate surface area is 94.0 Å². The van der Waals surface area contributed by atoms with Gasteiger partial charge in [-0.05, 0) is 25.5 Å². The van der Waals surface area contributed by atoms with Gasteiger partial charge in [0.15, 0.2) is 0 Å². The van der Waals surface area contributed by atoms with Gasteiger partial charge in [-0.25, -0.2) is 4.73 Å². The van der Waals surface area contributed by atoms with E-state index in [1.807, 2.05) is 19.1 Å². The molecule has 2 aromatic heterocycles. The maximum absolute atomic E-state index is 11.7. The van der Waals surface area contributed by atoms with E-state index in [0.717, 1.165) is 21.4 Å². The minimum atomic E-state index is 0.225. The van der Waals surface area contributed by atoms with E-state index in [-0.39, 0.29) is 5.82 Å². The number of pyridine rings is 2. The summed E-state index contributed by atoms with van der Waals surface area (Å²) >= 11 is 0. The number of hydrogen-bond donors (Lipinski definition) is 1. The Morgan fingerprint density at radius 1 is 1.38 bits per heavy atom. The smallest absolute Gasteiger partial charge is 0.275 e. The molecule has 0 aliphatic rings. The Balaban J connectivity index is 2.71. The Morgan fingerprint density at radius 2 is 2.12 bits per heavy atom. The number of hydrogen-bond acceptors (Lipinski definition) is 3. The summed E-state index contributed by atoms with van der Waals surface area (Å²) in [6, 6.07) is 5.46. The molecule has 0 atom stereocenters. The summed E-state index contributed by atoms with van der Waals surface area (Å²) < 4.78 is 0.745. The Hall–Kier alpha value is -2.10. The van der Waals surface area contributed by atoms with E-state index < -0.39 is 0 Å². The van der Waals surface area contributed by atoms with Gasteiger partial charge in [0.2, 0.25) is 0 Å². The highest BCUT2D eigenvalue weighted by Gasteiger charge is 2.12.